The second-order valence-electron chi connectivity index (χ2n) is 14.3. The average Bonchev–Trinajstić information content (AvgIpc) is 4.08. The first-order chi connectivity index (χ1) is 30.2. The van der Waals surface area contributed by atoms with Crippen LogP contribution in [0.25, 0.3) is 0 Å². The van der Waals surface area contributed by atoms with Crippen molar-refractivity contribution in [1.82, 2.24) is 54.6 Å². The summed E-state index contributed by atoms with van der Waals surface area (Å²) >= 11 is 0. The van der Waals surface area contributed by atoms with Crippen molar-refractivity contribution in [2.24, 2.45) is 0 Å². The maximum absolute atomic E-state index is 13.1. The lowest BCUT2D eigenvalue weighted by Crippen LogP contribution is -2.26. The summed E-state index contributed by atoms with van der Waals surface area (Å²) in [6.07, 6.45) is 12.2. The van der Waals surface area contributed by atoms with Gasteiger partial charge in [-0.1, -0.05) is 18.2 Å². The first kappa shape index (κ1) is 44.8. The van der Waals surface area contributed by atoms with E-state index >= 15 is 0 Å². The summed E-state index contributed by atoms with van der Waals surface area (Å²) in [4.78, 5) is 50.1. The fraction of sp³-hybridized carbons (Fsp3) is 0.256. The predicted molar refractivity (Wildman–Crippen MR) is 221 cm³/mol. The van der Waals surface area contributed by atoms with Crippen molar-refractivity contribution in [3.05, 3.63) is 165 Å². The normalized spacial score (nSPS) is 12.7. The summed E-state index contributed by atoms with van der Waals surface area (Å²) < 4.78 is 48.4. The number of halogens is 3. The van der Waals surface area contributed by atoms with Crippen molar-refractivity contribution >= 4 is 23.7 Å². The van der Waals surface area contributed by atoms with Gasteiger partial charge in [0.1, 0.15) is 5.82 Å². The molecule has 0 radical (unpaired) electrons. The number of hydrogen-bond acceptors (Lipinski definition) is 12. The number of hydrogen-bond donors (Lipinski definition) is 3. The number of nitrogens with zero attached hydrogens (tertiary/aromatic N) is 10. The van der Waals surface area contributed by atoms with E-state index in [-0.39, 0.29) is 17.5 Å². The van der Waals surface area contributed by atoms with Gasteiger partial charge in [-0.3, -0.25) is 18.8 Å². The van der Waals surface area contributed by atoms with E-state index in [4.69, 9.17) is 15.6 Å². The third-order valence-electron chi connectivity index (χ3n) is 9.89. The van der Waals surface area contributed by atoms with Gasteiger partial charge in [-0.15, -0.1) is 0 Å². The first-order valence-electron chi connectivity index (χ1n) is 19.5. The molecule has 0 bridgehead atoms. The first-order valence-corrected chi connectivity index (χ1v) is 19.5. The van der Waals surface area contributed by atoms with Gasteiger partial charge in [0.05, 0.1) is 67.6 Å². The minimum absolute atomic E-state index is 0.0790. The fourth-order valence-electron chi connectivity index (χ4n) is 6.56. The molecular formula is C43H43F3N12O5. The molecule has 63 heavy (non-hydrogen) atoms. The van der Waals surface area contributed by atoms with Crippen LogP contribution in [-0.2, 0) is 30.8 Å². The number of nitrogens with one attached hydrogen (secondary N) is 1. The molecule has 0 unspecified atom stereocenters. The summed E-state index contributed by atoms with van der Waals surface area (Å²) in [5, 5.41) is 24.0. The molecule has 7 aromatic rings. The number of aryl methyl sites for hydroxylation is 3. The van der Waals surface area contributed by atoms with Gasteiger partial charge in [0, 0.05) is 41.9 Å². The third kappa shape index (κ3) is 11.7. The largest absolute Gasteiger partial charge is 0.478 e. The Morgan fingerprint density at radius 1 is 0.730 bits per heavy atom. The van der Waals surface area contributed by atoms with Crippen LogP contribution >= 0.6 is 0 Å². The minimum Gasteiger partial charge on any atom is -0.478 e. The van der Waals surface area contributed by atoms with Crippen LogP contribution in [0.15, 0.2) is 85.8 Å². The topological polar surface area (TPSA) is 224 Å². The van der Waals surface area contributed by atoms with Crippen molar-refractivity contribution < 1.29 is 37.4 Å². The van der Waals surface area contributed by atoms with Crippen molar-refractivity contribution in [3.63, 3.8) is 0 Å². The highest BCUT2D eigenvalue weighted by atomic mass is 19.1. The number of aromatic nitrogens is 10. The smallest absolute Gasteiger partial charge is 0.341 e. The maximum Gasteiger partial charge on any atom is 0.341 e. The molecule has 0 aliphatic heterocycles. The fourth-order valence-corrected chi connectivity index (χ4v) is 6.56. The van der Waals surface area contributed by atoms with E-state index in [1.807, 2.05) is 6.07 Å². The highest BCUT2D eigenvalue weighted by molar-refractivity contribution is 5.94. The number of anilines is 1. The van der Waals surface area contributed by atoms with E-state index in [9.17, 15) is 27.6 Å². The number of carboxylic acid groups (broad SMARTS) is 1. The Hall–Kier alpha value is -7.77. The van der Waals surface area contributed by atoms with Gasteiger partial charge in [0.2, 0.25) is 17.8 Å². The van der Waals surface area contributed by atoms with Gasteiger partial charge in [-0.2, -0.15) is 28.5 Å². The summed E-state index contributed by atoms with van der Waals surface area (Å²) in [5.74, 6) is -2.63. The molecular weight excluding hydrogens is 822 g/mol. The Balaban J connectivity index is 0.000000163. The number of nitrogens with two attached hydrogens (primary N) is 1. The number of amides is 1. The van der Waals surface area contributed by atoms with Crippen LogP contribution in [0.5, 0.6) is 0 Å². The molecule has 1 amide bonds. The zero-order valence-corrected chi connectivity index (χ0v) is 34.7. The van der Waals surface area contributed by atoms with E-state index in [0.717, 1.165) is 40.7 Å². The number of aromatic carboxylic acids is 1. The van der Waals surface area contributed by atoms with Gasteiger partial charge >= 0.3 is 11.9 Å². The highest BCUT2D eigenvalue weighted by Crippen LogP contribution is 2.33. The van der Waals surface area contributed by atoms with Gasteiger partial charge in [-0.05, 0) is 92.6 Å². The molecule has 0 saturated carbocycles. The Bertz CT molecular complexity index is 2750. The number of fused-ring (bicyclic) bond motifs is 1. The maximum atomic E-state index is 13.1. The molecule has 0 aromatic carbocycles. The Morgan fingerprint density at radius 3 is 1.65 bits per heavy atom. The number of ether oxygens (including phenoxy) is 1. The monoisotopic (exact) mass is 864 g/mol. The van der Waals surface area contributed by atoms with Gasteiger partial charge in [0.15, 0.2) is 0 Å². The summed E-state index contributed by atoms with van der Waals surface area (Å²) in [5.41, 5.74) is 13.2. The quantitative estimate of drug-likeness (QED) is 0.107. The van der Waals surface area contributed by atoms with Crippen molar-refractivity contribution in [1.29, 1.82) is 0 Å². The number of carboxylic acids is 1. The Labute approximate surface area is 358 Å². The third-order valence-corrected chi connectivity index (χ3v) is 9.89. The van der Waals surface area contributed by atoms with E-state index in [1.165, 1.54) is 47.7 Å². The van der Waals surface area contributed by atoms with Gasteiger partial charge in [0.25, 0.3) is 5.91 Å². The van der Waals surface area contributed by atoms with Crippen LogP contribution in [0.4, 0.5) is 19.0 Å². The van der Waals surface area contributed by atoms with E-state index in [1.54, 1.807) is 73.8 Å². The summed E-state index contributed by atoms with van der Waals surface area (Å²) in [6.45, 7) is 8.45. The summed E-state index contributed by atoms with van der Waals surface area (Å²) in [6, 6.07) is 10.7. The van der Waals surface area contributed by atoms with Crippen LogP contribution in [0.2, 0.25) is 0 Å². The molecule has 7 heterocycles. The molecule has 7 aromatic heterocycles. The lowest BCUT2D eigenvalue weighted by molar-refractivity contribution is 0.0525. The van der Waals surface area contributed by atoms with E-state index in [0.29, 0.717) is 60.3 Å². The zero-order chi connectivity index (χ0) is 45.2. The number of pyridine rings is 4. The molecule has 8 rings (SSSR count). The Kier molecular flexibility index (Phi) is 14.4. The molecule has 1 aliphatic rings. The molecule has 0 saturated heterocycles. The SMILES string of the molecule is CCOC(=O)c1cnn(Cc2ccc(F)nc2C)c1.Cc1nc(F)ccc1Cn1cc(C(=O)N[C@@H]2CCc3c2ccnc3N)cn1.Cc1nc(F)ccc1Cn1cc(C(=O)O)cn1. The van der Waals surface area contributed by atoms with Crippen molar-refractivity contribution in [3.8, 4) is 0 Å². The second-order valence-corrected chi connectivity index (χ2v) is 14.3. The summed E-state index contributed by atoms with van der Waals surface area (Å²) in [7, 11) is 0. The molecule has 0 spiro atoms. The van der Waals surface area contributed by atoms with Gasteiger partial charge in [-0.25, -0.2) is 29.5 Å². The number of carbonyl (C=O) groups excluding carboxylic acids is 2. The molecule has 1 aliphatic carbocycles. The van der Waals surface area contributed by atoms with Crippen LogP contribution < -0.4 is 11.1 Å². The number of rotatable bonds is 11. The number of esters is 1. The van der Waals surface area contributed by atoms with Crippen LogP contribution in [0.1, 0.15) is 95.4 Å². The molecule has 1 atom stereocenters. The highest BCUT2D eigenvalue weighted by Gasteiger charge is 2.26. The van der Waals surface area contributed by atoms with Crippen LogP contribution in [0, 0.1) is 38.6 Å². The molecule has 4 N–H and O–H groups in total. The van der Waals surface area contributed by atoms with Gasteiger partial charge < -0.3 is 20.9 Å². The van der Waals surface area contributed by atoms with Crippen LogP contribution in [0.3, 0.4) is 0 Å². The lowest BCUT2D eigenvalue weighted by Gasteiger charge is -2.13. The zero-order valence-electron chi connectivity index (χ0n) is 34.7. The average molecular weight is 865 g/mol. The predicted octanol–water partition coefficient (Wildman–Crippen LogP) is 5.59. The molecule has 0 fully saturated rings. The Morgan fingerprint density at radius 2 is 1.19 bits per heavy atom. The van der Waals surface area contributed by atoms with E-state index in [2.05, 4.69) is 40.5 Å². The molecule has 326 valence electrons. The van der Waals surface area contributed by atoms with Crippen molar-refractivity contribution in [2.45, 2.75) is 66.2 Å². The van der Waals surface area contributed by atoms with E-state index < -0.39 is 29.8 Å². The van der Waals surface area contributed by atoms with Crippen molar-refractivity contribution in [2.75, 3.05) is 12.3 Å². The second kappa shape index (κ2) is 20.2. The standard InChI is InChI=1S/C19H19FN6O.C13H14FN3O2.C11H10FN3O2/c1-11-12(2-5-17(20)24-11)9-26-10-13(8-23-26)19(27)25-16-4-3-15-14(16)6-7-22-18(15)21;1-3-19-13(18)11-6-15-17(8-11)7-10-4-5-12(14)16-9(10)2;1-7-8(2-3-10(12)14-7)5-15-6-9(4-13-15)11(16)17/h2,5-8,10,16H,3-4,9H2,1H3,(H2,21,22)(H,25,27);4-6,8H,3,7H2,1-2H3;2-4,6H,5H2,1H3,(H,16,17)/t16-;;/m1../s1. The number of carbonyl (C=O) groups is 3. The lowest BCUT2D eigenvalue weighted by atomic mass is 10.1. The molecule has 20 heteroatoms. The molecule has 17 nitrogen and oxygen atoms in total. The minimum atomic E-state index is -1.02. The van der Waals surface area contributed by atoms with Crippen LogP contribution in [-0.4, -0.2) is 78.8 Å². The number of nitrogen functional groups attached to an aromatic ring is 1.